The Bertz CT molecular complexity index is 390. The molecule has 80 valence electrons. The highest BCUT2D eigenvalue weighted by molar-refractivity contribution is 5.69. The Morgan fingerprint density at radius 3 is 2.73 bits per heavy atom. The van der Waals surface area contributed by atoms with Gasteiger partial charge in [0.1, 0.15) is 0 Å². The molecule has 1 aliphatic carbocycles. The largest absolute Gasteiger partial charge is 0.327 e. The quantitative estimate of drug-likeness (QED) is 0.742. The van der Waals surface area contributed by atoms with Gasteiger partial charge < -0.3 is 5.73 Å². The molecule has 1 unspecified atom stereocenters. The van der Waals surface area contributed by atoms with Crippen LogP contribution in [-0.2, 0) is 0 Å². The number of hydrogen-bond acceptors (Lipinski definition) is 1. The zero-order valence-corrected chi connectivity index (χ0v) is 9.59. The van der Waals surface area contributed by atoms with Crippen molar-refractivity contribution >= 4 is 5.57 Å². The molecule has 0 fully saturated rings. The maximum absolute atomic E-state index is 5.90. The van der Waals surface area contributed by atoms with Crippen LogP contribution < -0.4 is 5.73 Å². The molecule has 15 heavy (non-hydrogen) atoms. The average Bonchev–Trinajstić information content (AvgIpc) is 2.24. The molecule has 0 amide bonds. The van der Waals surface area contributed by atoms with Crippen LogP contribution in [0, 0.1) is 13.8 Å². The summed E-state index contributed by atoms with van der Waals surface area (Å²) in [7, 11) is 0. The first-order chi connectivity index (χ1) is 7.18. The second-order valence-corrected chi connectivity index (χ2v) is 4.51. The molecule has 0 bridgehead atoms. The van der Waals surface area contributed by atoms with Gasteiger partial charge in [0.05, 0.1) is 0 Å². The molecule has 0 spiro atoms. The van der Waals surface area contributed by atoms with Crippen LogP contribution in [0.15, 0.2) is 24.3 Å². The Kier molecular flexibility index (Phi) is 2.92. The first kappa shape index (κ1) is 10.4. The molecule has 0 aliphatic heterocycles. The van der Waals surface area contributed by atoms with Gasteiger partial charge in [-0.05, 0) is 55.4 Å². The summed E-state index contributed by atoms with van der Waals surface area (Å²) in [6, 6.07) is 6.92. The molecule has 1 atom stereocenters. The van der Waals surface area contributed by atoms with Gasteiger partial charge in [0.25, 0.3) is 0 Å². The van der Waals surface area contributed by atoms with Gasteiger partial charge in [-0.2, -0.15) is 0 Å². The third-order valence-corrected chi connectivity index (χ3v) is 3.40. The highest BCUT2D eigenvalue weighted by atomic mass is 14.6. The molecule has 0 saturated heterocycles. The molecule has 1 aliphatic rings. The van der Waals surface area contributed by atoms with E-state index in [1.165, 1.54) is 22.3 Å². The fourth-order valence-electron chi connectivity index (χ4n) is 2.20. The molecule has 1 aromatic carbocycles. The first-order valence-corrected chi connectivity index (χ1v) is 5.69. The van der Waals surface area contributed by atoms with Crippen LogP contribution in [0.2, 0.25) is 0 Å². The van der Waals surface area contributed by atoms with E-state index in [2.05, 4.69) is 38.1 Å². The molecule has 0 aromatic heterocycles. The second kappa shape index (κ2) is 4.19. The summed E-state index contributed by atoms with van der Waals surface area (Å²) >= 11 is 0. The number of nitrogens with two attached hydrogens (primary N) is 1. The van der Waals surface area contributed by atoms with E-state index in [1.54, 1.807) is 0 Å². The van der Waals surface area contributed by atoms with Gasteiger partial charge in [-0.15, -0.1) is 0 Å². The van der Waals surface area contributed by atoms with Crippen LogP contribution in [0.5, 0.6) is 0 Å². The average molecular weight is 201 g/mol. The lowest BCUT2D eigenvalue weighted by Gasteiger charge is -2.20. The van der Waals surface area contributed by atoms with Crippen molar-refractivity contribution in [2.75, 3.05) is 0 Å². The lowest BCUT2D eigenvalue weighted by molar-refractivity contribution is 0.614. The van der Waals surface area contributed by atoms with E-state index < -0.39 is 0 Å². The molecule has 0 saturated carbocycles. The summed E-state index contributed by atoms with van der Waals surface area (Å²) in [4.78, 5) is 0. The number of aryl methyl sites for hydroxylation is 1. The lowest BCUT2D eigenvalue weighted by Crippen LogP contribution is -2.21. The van der Waals surface area contributed by atoms with Gasteiger partial charge in [0, 0.05) is 6.04 Å². The lowest BCUT2D eigenvalue weighted by atomic mass is 9.88. The van der Waals surface area contributed by atoms with Crippen LogP contribution in [-0.4, -0.2) is 6.04 Å². The minimum atomic E-state index is 0.374. The zero-order chi connectivity index (χ0) is 10.8. The molecule has 1 aromatic rings. The number of hydrogen-bond donors (Lipinski definition) is 1. The fourth-order valence-corrected chi connectivity index (χ4v) is 2.20. The predicted molar refractivity (Wildman–Crippen MR) is 65.7 cm³/mol. The Morgan fingerprint density at radius 2 is 2.07 bits per heavy atom. The van der Waals surface area contributed by atoms with Gasteiger partial charge in [-0.25, -0.2) is 0 Å². The maximum Gasteiger partial charge on any atom is 0.00767 e. The van der Waals surface area contributed by atoms with Crippen LogP contribution >= 0.6 is 0 Å². The smallest absolute Gasteiger partial charge is 0.00767 e. The topological polar surface area (TPSA) is 26.0 Å². The van der Waals surface area contributed by atoms with Crippen molar-refractivity contribution < 1.29 is 0 Å². The Morgan fingerprint density at radius 1 is 1.27 bits per heavy atom. The van der Waals surface area contributed by atoms with E-state index in [9.17, 15) is 0 Å². The molecular formula is C14H19N. The number of rotatable bonds is 1. The summed E-state index contributed by atoms with van der Waals surface area (Å²) < 4.78 is 0. The zero-order valence-electron chi connectivity index (χ0n) is 9.59. The van der Waals surface area contributed by atoms with Gasteiger partial charge in [-0.3, -0.25) is 0 Å². The van der Waals surface area contributed by atoms with Gasteiger partial charge in [-0.1, -0.05) is 24.3 Å². The SMILES string of the molecule is Cc1cccc(C2=CCC(N)CC2)c1C. The summed E-state index contributed by atoms with van der Waals surface area (Å²) in [6.07, 6.45) is 5.60. The van der Waals surface area contributed by atoms with Crippen molar-refractivity contribution in [2.24, 2.45) is 5.73 Å². The summed E-state index contributed by atoms with van der Waals surface area (Å²) in [5.74, 6) is 0. The van der Waals surface area contributed by atoms with Crippen LogP contribution in [0.1, 0.15) is 36.0 Å². The summed E-state index contributed by atoms with van der Waals surface area (Å²) in [5.41, 5.74) is 11.6. The number of allylic oxidation sites excluding steroid dienone is 1. The van der Waals surface area contributed by atoms with E-state index in [0.717, 1.165) is 19.3 Å². The normalized spacial score (nSPS) is 21.3. The highest BCUT2D eigenvalue weighted by Crippen LogP contribution is 2.29. The molecule has 2 rings (SSSR count). The minimum Gasteiger partial charge on any atom is -0.327 e. The third kappa shape index (κ3) is 2.13. The fraction of sp³-hybridized carbons (Fsp3) is 0.429. The van der Waals surface area contributed by atoms with Gasteiger partial charge in [0.15, 0.2) is 0 Å². The summed E-state index contributed by atoms with van der Waals surface area (Å²) in [6.45, 7) is 4.38. The van der Waals surface area contributed by atoms with E-state index >= 15 is 0 Å². The molecule has 0 radical (unpaired) electrons. The molecule has 1 heteroatoms. The minimum absolute atomic E-state index is 0.374. The van der Waals surface area contributed by atoms with Crippen molar-refractivity contribution in [2.45, 2.75) is 39.2 Å². The van der Waals surface area contributed by atoms with Crippen molar-refractivity contribution in [1.29, 1.82) is 0 Å². The van der Waals surface area contributed by atoms with Crippen LogP contribution in [0.25, 0.3) is 5.57 Å². The standard InChI is InChI=1S/C14H19N/c1-10-4-3-5-14(11(10)2)12-6-8-13(15)9-7-12/h3-6,13H,7-9,15H2,1-2H3. The summed E-state index contributed by atoms with van der Waals surface area (Å²) in [5, 5.41) is 0. The van der Waals surface area contributed by atoms with Crippen molar-refractivity contribution in [3.05, 3.63) is 41.0 Å². The van der Waals surface area contributed by atoms with Crippen molar-refractivity contribution in [3.8, 4) is 0 Å². The van der Waals surface area contributed by atoms with Crippen LogP contribution in [0.4, 0.5) is 0 Å². The molecular weight excluding hydrogens is 182 g/mol. The Hall–Kier alpha value is -1.08. The van der Waals surface area contributed by atoms with Gasteiger partial charge >= 0.3 is 0 Å². The van der Waals surface area contributed by atoms with E-state index in [4.69, 9.17) is 5.73 Å². The molecule has 1 nitrogen and oxygen atoms in total. The van der Waals surface area contributed by atoms with Crippen LogP contribution in [0.3, 0.4) is 0 Å². The van der Waals surface area contributed by atoms with E-state index in [1.807, 2.05) is 0 Å². The van der Waals surface area contributed by atoms with Crippen molar-refractivity contribution in [1.82, 2.24) is 0 Å². The third-order valence-electron chi connectivity index (χ3n) is 3.40. The maximum atomic E-state index is 5.90. The van der Waals surface area contributed by atoms with E-state index in [0.29, 0.717) is 6.04 Å². The Balaban J connectivity index is 2.34. The highest BCUT2D eigenvalue weighted by Gasteiger charge is 2.13. The first-order valence-electron chi connectivity index (χ1n) is 5.69. The van der Waals surface area contributed by atoms with E-state index in [-0.39, 0.29) is 0 Å². The second-order valence-electron chi connectivity index (χ2n) is 4.51. The Labute approximate surface area is 92.0 Å². The monoisotopic (exact) mass is 201 g/mol. The number of benzene rings is 1. The van der Waals surface area contributed by atoms with Gasteiger partial charge in [0.2, 0.25) is 0 Å². The molecule has 0 heterocycles. The molecule has 2 N–H and O–H groups in total. The van der Waals surface area contributed by atoms with Crippen molar-refractivity contribution in [3.63, 3.8) is 0 Å². The predicted octanol–water partition coefficient (Wildman–Crippen LogP) is 3.20.